The van der Waals surface area contributed by atoms with Gasteiger partial charge in [-0.3, -0.25) is 9.69 Å². The molecule has 1 fully saturated rings. The first kappa shape index (κ1) is 24.5. The summed E-state index contributed by atoms with van der Waals surface area (Å²) in [6.45, 7) is 4.45. The van der Waals surface area contributed by atoms with Crippen LogP contribution in [0.15, 0.2) is 51.3 Å². The third-order valence-corrected chi connectivity index (χ3v) is 11.0. The van der Waals surface area contributed by atoms with Crippen LogP contribution in [-0.4, -0.2) is 36.2 Å². The number of sulfonamides is 1. The third kappa shape index (κ3) is 4.65. The maximum Gasteiger partial charge on any atom is 0.253 e. The predicted octanol–water partition coefficient (Wildman–Crippen LogP) is 6.00. The molecule has 0 spiro atoms. The van der Waals surface area contributed by atoms with Crippen molar-refractivity contribution in [3.63, 3.8) is 0 Å². The Morgan fingerprint density at radius 3 is 2.66 bits per heavy atom. The van der Waals surface area contributed by atoms with Crippen molar-refractivity contribution in [2.24, 2.45) is 0 Å². The van der Waals surface area contributed by atoms with Gasteiger partial charge in [-0.15, -0.1) is 11.3 Å². The van der Waals surface area contributed by atoms with Gasteiger partial charge in [-0.1, -0.05) is 41.5 Å². The van der Waals surface area contributed by atoms with Crippen molar-refractivity contribution in [3.8, 4) is 0 Å². The van der Waals surface area contributed by atoms with Gasteiger partial charge < -0.3 is 4.42 Å². The number of rotatable bonds is 6. The van der Waals surface area contributed by atoms with Crippen LogP contribution in [0.25, 0.3) is 10.2 Å². The predicted molar refractivity (Wildman–Crippen MR) is 140 cm³/mol. The Balaban J connectivity index is 1.56. The first-order valence-corrected chi connectivity index (χ1v) is 14.7. The van der Waals surface area contributed by atoms with Crippen molar-refractivity contribution >= 4 is 65.6 Å². The zero-order valence-electron chi connectivity index (χ0n) is 19.2. The second-order valence-electron chi connectivity index (χ2n) is 8.56. The van der Waals surface area contributed by atoms with Gasteiger partial charge in [0.05, 0.1) is 27.4 Å². The van der Waals surface area contributed by atoms with Crippen LogP contribution < -0.4 is 4.90 Å². The van der Waals surface area contributed by atoms with Crippen LogP contribution in [0.5, 0.6) is 0 Å². The van der Waals surface area contributed by atoms with E-state index >= 15 is 0 Å². The average molecular weight is 550 g/mol. The second-order valence-corrected chi connectivity index (χ2v) is 13.4. The molecule has 0 N–H and O–H groups in total. The number of carbonyl (C=O) groups excluding carboxylic acids is 1. The molecule has 3 aromatic heterocycles. The standard InChI is InChI=1S/C24H24ClN3O4S3/c1-15-8-9-16(2)22-21(15)26-24(34-22)27(14-17-6-5-13-32-17)23(29)18-7-3-4-12-28(18)35(30,31)20-11-10-19(25)33-20/h5-6,8-11,13,18H,3-4,7,12,14H2,1-2H3. The van der Waals surface area contributed by atoms with E-state index in [0.29, 0.717) is 28.1 Å². The fourth-order valence-electron chi connectivity index (χ4n) is 4.33. The van der Waals surface area contributed by atoms with Gasteiger partial charge >= 0.3 is 0 Å². The van der Waals surface area contributed by atoms with Gasteiger partial charge in [-0.2, -0.15) is 4.31 Å². The zero-order valence-corrected chi connectivity index (χ0v) is 22.4. The molecule has 1 saturated heterocycles. The number of fused-ring (bicyclic) bond motifs is 1. The normalized spacial score (nSPS) is 17.2. The molecule has 4 heterocycles. The van der Waals surface area contributed by atoms with Crippen molar-refractivity contribution in [1.29, 1.82) is 0 Å². The lowest BCUT2D eigenvalue weighted by molar-refractivity contribution is -0.123. The van der Waals surface area contributed by atoms with Crippen LogP contribution >= 0.6 is 34.3 Å². The SMILES string of the molecule is Cc1ccc(C)c2sc(N(Cc3ccco3)C(=O)C3CCCCN3S(=O)(=O)c3ccc(Cl)s3)nc12. The van der Waals surface area contributed by atoms with E-state index in [4.69, 9.17) is 21.0 Å². The fraction of sp³-hybridized carbons (Fsp3) is 0.333. The average Bonchev–Trinajstić information content (AvgIpc) is 3.61. The summed E-state index contributed by atoms with van der Waals surface area (Å²) >= 11 is 8.46. The Morgan fingerprint density at radius 2 is 1.97 bits per heavy atom. The molecule has 7 nitrogen and oxygen atoms in total. The number of halogens is 1. The molecule has 11 heteroatoms. The Hall–Kier alpha value is -2.24. The van der Waals surface area contributed by atoms with Gasteiger partial charge in [-0.05, 0) is 62.1 Å². The molecule has 35 heavy (non-hydrogen) atoms. The summed E-state index contributed by atoms with van der Waals surface area (Å²) < 4.78 is 35.4. The summed E-state index contributed by atoms with van der Waals surface area (Å²) in [5, 5.41) is 0.529. The molecule has 1 aliphatic heterocycles. The highest BCUT2D eigenvalue weighted by atomic mass is 35.5. The number of hydrogen-bond donors (Lipinski definition) is 0. The number of nitrogens with zero attached hydrogens (tertiary/aromatic N) is 3. The van der Waals surface area contributed by atoms with Gasteiger partial charge in [0, 0.05) is 6.54 Å². The number of aryl methyl sites for hydroxylation is 2. The number of piperidine rings is 1. The summed E-state index contributed by atoms with van der Waals surface area (Å²) in [6.07, 6.45) is 3.46. The van der Waals surface area contributed by atoms with Gasteiger partial charge in [0.2, 0.25) is 5.91 Å². The minimum absolute atomic E-state index is 0.144. The highest BCUT2D eigenvalue weighted by Gasteiger charge is 2.41. The first-order valence-electron chi connectivity index (χ1n) is 11.2. The number of benzene rings is 1. The van der Waals surface area contributed by atoms with Crippen molar-refractivity contribution in [2.75, 3.05) is 11.4 Å². The molecular weight excluding hydrogens is 526 g/mol. The number of carbonyl (C=O) groups is 1. The topological polar surface area (TPSA) is 83.7 Å². The highest BCUT2D eigenvalue weighted by molar-refractivity contribution is 7.91. The van der Waals surface area contributed by atoms with Crippen molar-refractivity contribution in [3.05, 3.63) is 63.9 Å². The van der Waals surface area contributed by atoms with Gasteiger partial charge in [0.15, 0.2) is 5.13 Å². The molecular formula is C24H24ClN3O4S3. The van der Waals surface area contributed by atoms with Crippen molar-refractivity contribution in [1.82, 2.24) is 9.29 Å². The second kappa shape index (κ2) is 9.67. The molecule has 1 amide bonds. The summed E-state index contributed by atoms with van der Waals surface area (Å²) in [7, 11) is -3.87. The van der Waals surface area contributed by atoms with Gasteiger partial charge in [0.25, 0.3) is 10.0 Å². The lowest BCUT2D eigenvalue weighted by atomic mass is 10.0. The molecule has 0 radical (unpaired) electrons. The van der Waals surface area contributed by atoms with Crippen LogP contribution in [0.4, 0.5) is 5.13 Å². The molecule has 1 unspecified atom stereocenters. The van der Waals surface area contributed by atoms with Crippen LogP contribution in [0.3, 0.4) is 0 Å². The summed E-state index contributed by atoms with van der Waals surface area (Å²) in [4.78, 5) is 20.5. The monoisotopic (exact) mass is 549 g/mol. The molecule has 1 atom stereocenters. The van der Waals surface area contributed by atoms with E-state index in [1.54, 1.807) is 29.4 Å². The zero-order chi connectivity index (χ0) is 24.7. The maximum absolute atomic E-state index is 14.1. The number of hydrogen-bond acceptors (Lipinski definition) is 7. The number of thiophene rings is 1. The minimum Gasteiger partial charge on any atom is -0.467 e. The van der Waals surface area contributed by atoms with E-state index in [-0.39, 0.29) is 23.2 Å². The van der Waals surface area contributed by atoms with E-state index in [1.807, 2.05) is 26.0 Å². The molecule has 5 rings (SSSR count). The van der Waals surface area contributed by atoms with E-state index in [0.717, 1.165) is 39.1 Å². The molecule has 0 saturated carbocycles. The van der Waals surface area contributed by atoms with E-state index in [2.05, 4.69) is 0 Å². The van der Waals surface area contributed by atoms with Gasteiger partial charge in [0.1, 0.15) is 16.0 Å². The van der Waals surface area contributed by atoms with E-state index in [1.165, 1.54) is 21.7 Å². The summed E-state index contributed by atoms with van der Waals surface area (Å²) in [6, 6.07) is 9.85. The Labute approximate surface area is 217 Å². The van der Waals surface area contributed by atoms with Crippen LogP contribution in [0.2, 0.25) is 4.34 Å². The minimum atomic E-state index is -3.87. The molecule has 4 aromatic rings. The van der Waals surface area contributed by atoms with Crippen LogP contribution in [0.1, 0.15) is 36.1 Å². The van der Waals surface area contributed by atoms with E-state index in [9.17, 15) is 13.2 Å². The van der Waals surface area contributed by atoms with Crippen LogP contribution in [0, 0.1) is 13.8 Å². The maximum atomic E-state index is 14.1. The van der Waals surface area contributed by atoms with Gasteiger partial charge in [-0.25, -0.2) is 13.4 Å². The lowest BCUT2D eigenvalue weighted by Crippen LogP contribution is -2.52. The summed E-state index contributed by atoms with van der Waals surface area (Å²) in [5.41, 5.74) is 2.95. The van der Waals surface area contributed by atoms with Crippen molar-refractivity contribution < 1.29 is 17.6 Å². The smallest absolute Gasteiger partial charge is 0.253 e. The molecule has 0 aliphatic carbocycles. The number of furan rings is 1. The Bertz CT molecular complexity index is 1440. The molecule has 1 aromatic carbocycles. The number of amides is 1. The number of anilines is 1. The number of aromatic nitrogens is 1. The third-order valence-electron chi connectivity index (χ3n) is 6.17. The largest absolute Gasteiger partial charge is 0.467 e. The first-order chi connectivity index (χ1) is 16.8. The highest BCUT2D eigenvalue weighted by Crippen LogP contribution is 2.36. The molecule has 1 aliphatic rings. The lowest BCUT2D eigenvalue weighted by Gasteiger charge is -2.35. The quantitative estimate of drug-likeness (QED) is 0.294. The van der Waals surface area contributed by atoms with Crippen LogP contribution in [-0.2, 0) is 21.4 Å². The van der Waals surface area contributed by atoms with E-state index < -0.39 is 16.1 Å². The van der Waals surface area contributed by atoms with Crippen molar-refractivity contribution in [2.45, 2.75) is 49.9 Å². The summed E-state index contributed by atoms with van der Waals surface area (Å²) in [5.74, 6) is 0.294. The molecule has 184 valence electrons. The number of thiazole rings is 1. The molecule has 0 bridgehead atoms. The fourth-order valence-corrected chi connectivity index (χ4v) is 8.71. The Kier molecular flexibility index (Phi) is 6.75. The Morgan fingerprint density at radius 1 is 1.17 bits per heavy atom.